The summed E-state index contributed by atoms with van der Waals surface area (Å²) in [4.78, 5) is 0. The Bertz CT molecular complexity index is 549. The number of hydrogen-bond acceptors (Lipinski definition) is 2. The predicted molar refractivity (Wildman–Crippen MR) is 74.7 cm³/mol. The van der Waals surface area contributed by atoms with Crippen LogP contribution in [0.4, 0.5) is 10.2 Å². The van der Waals surface area contributed by atoms with E-state index in [0.717, 1.165) is 9.26 Å². The molecule has 0 amide bonds. The van der Waals surface area contributed by atoms with Gasteiger partial charge in [0.25, 0.3) is 0 Å². The van der Waals surface area contributed by atoms with Crippen molar-refractivity contribution in [1.29, 1.82) is 0 Å². The molecule has 0 aliphatic rings. The quantitative estimate of drug-likeness (QED) is 0.849. The fourth-order valence-electron chi connectivity index (χ4n) is 1.60. The summed E-state index contributed by atoms with van der Waals surface area (Å²) in [7, 11) is 0. The Morgan fingerprint density at radius 3 is 2.65 bits per heavy atom. The number of rotatable bonds is 2. The number of nitrogens with zero attached hydrogens (tertiary/aromatic N) is 2. The van der Waals surface area contributed by atoms with Crippen molar-refractivity contribution in [1.82, 2.24) is 9.78 Å². The third kappa shape index (κ3) is 2.29. The summed E-state index contributed by atoms with van der Waals surface area (Å²) in [5, 5.41) is 4.44. The van der Waals surface area contributed by atoms with Crippen molar-refractivity contribution in [2.75, 3.05) is 5.73 Å². The molecule has 2 N–H and O–H groups in total. The SMILES string of the molecule is CC(C)c1nn(-c2cccc(F)c2)c(N)c1I. The van der Waals surface area contributed by atoms with Gasteiger partial charge in [-0.15, -0.1) is 0 Å². The highest BCUT2D eigenvalue weighted by atomic mass is 127. The van der Waals surface area contributed by atoms with E-state index in [1.807, 2.05) is 0 Å². The van der Waals surface area contributed by atoms with Crippen molar-refractivity contribution in [2.45, 2.75) is 19.8 Å². The minimum absolute atomic E-state index is 0.291. The Kier molecular flexibility index (Phi) is 3.37. The number of nitrogens with two attached hydrogens (primary N) is 1. The second-order valence-electron chi connectivity index (χ2n) is 4.13. The van der Waals surface area contributed by atoms with Gasteiger partial charge < -0.3 is 5.73 Å². The summed E-state index contributed by atoms with van der Waals surface area (Å²) < 4.78 is 15.7. The Morgan fingerprint density at radius 2 is 2.12 bits per heavy atom. The highest BCUT2D eigenvalue weighted by molar-refractivity contribution is 14.1. The molecule has 1 heterocycles. The molecular weight excluding hydrogens is 332 g/mol. The fourth-order valence-corrected chi connectivity index (χ4v) is 2.56. The second kappa shape index (κ2) is 4.64. The van der Waals surface area contributed by atoms with Crippen molar-refractivity contribution in [3.05, 3.63) is 39.3 Å². The third-order valence-electron chi connectivity index (χ3n) is 2.49. The monoisotopic (exact) mass is 345 g/mol. The zero-order valence-corrected chi connectivity index (χ0v) is 11.8. The molecule has 17 heavy (non-hydrogen) atoms. The number of hydrogen-bond donors (Lipinski definition) is 1. The summed E-state index contributed by atoms with van der Waals surface area (Å²) in [6.45, 7) is 4.11. The highest BCUT2D eigenvalue weighted by Gasteiger charge is 2.16. The van der Waals surface area contributed by atoms with E-state index >= 15 is 0 Å². The van der Waals surface area contributed by atoms with Crippen LogP contribution in [0.3, 0.4) is 0 Å². The van der Waals surface area contributed by atoms with Crippen LogP contribution in [0.1, 0.15) is 25.5 Å². The standard InChI is InChI=1S/C12H13FIN3/c1-7(2)11-10(14)12(15)17(16-11)9-5-3-4-8(13)6-9/h3-7H,15H2,1-2H3. The number of aromatic nitrogens is 2. The second-order valence-corrected chi connectivity index (χ2v) is 5.21. The molecule has 0 bridgehead atoms. The molecule has 2 aromatic rings. The Balaban J connectivity index is 2.57. The zero-order chi connectivity index (χ0) is 12.6. The molecule has 1 aromatic carbocycles. The molecule has 0 radical (unpaired) electrons. The van der Waals surface area contributed by atoms with Crippen LogP contribution < -0.4 is 5.73 Å². The molecule has 0 aliphatic carbocycles. The van der Waals surface area contributed by atoms with Gasteiger partial charge in [-0.05, 0) is 46.7 Å². The van der Waals surface area contributed by atoms with Crippen LogP contribution in [0.25, 0.3) is 5.69 Å². The van der Waals surface area contributed by atoms with E-state index in [-0.39, 0.29) is 5.82 Å². The summed E-state index contributed by atoms with van der Waals surface area (Å²) in [5.74, 6) is 0.553. The van der Waals surface area contributed by atoms with E-state index < -0.39 is 0 Å². The van der Waals surface area contributed by atoms with Crippen molar-refractivity contribution in [2.24, 2.45) is 0 Å². The lowest BCUT2D eigenvalue weighted by atomic mass is 10.1. The van der Waals surface area contributed by atoms with Gasteiger partial charge in [-0.2, -0.15) is 5.10 Å². The van der Waals surface area contributed by atoms with Crippen LogP contribution >= 0.6 is 22.6 Å². The van der Waals surface area contributed by atoms with E-state index in [1.54, 1.807) is 16.8 Å². The zero-order valence-electron chi connectivity index (χ0n) is 9.61. The molecule has 0 aliphatic heterocycles. The van der Waals surface area contributed by atoms with E-state index in [1.165, 1.54) is 12.1 Å². The first-order valence-corrected chi connectivity index (χ1v) is 6.38. The maximum absolute atomic E-state index is 13.2. The summed E-state index contributed by atoms with van der Waals surface area (Å²) in [6.07, 6.45) is 0. The Hall–Kier alpha value is -1.11. The largest absolute Gasteiger partial charge is 0.383 e. The normalized spacial score (nSPS) is 11.1. The first-order valence-electron chi connectivity index (χ1n) is 5.30. The average molecular weight is 345 g/mol. The molecule has 5 heteroatoms. The first kappa shape index (κ1) is 12.3. The molecular formula is C12H13FIN3. The van der Waals surface area contributed by atoms with Crippen LogP contribution in [-0.4, -0.2) is 9.78 Å². The van der Waals surface area contributed by atoms with E-state index in [4.69, 9.17) is 5.73 Å². The lowest BCUT2D eigenvalue weighted by Crippen LogP contribution is -2.02. The Morgan fingerprint density at radius 1 is 1.41 bits per heavy atom. The van der Waals surface area contributed by atoms with Gasteiger partial charge in [0.1, 0.15) is 11.6 Å². The topological polar surface area (TPSA) is 43.8 Å². The van der Waals surface area contributed by atoms with E-state index in [9.17, 15) is 4.39 Å². The van der Waals surface area contributed by atoms with Crippen LogP contribution in [0.5, 0.6) is 0 Å². The Labute approximate surface area is 113 Å². The molecule has 0 spiro atoms. The maximum atomic E-state index is 13.2. The number of nitrogen functional groups attached to an aromatic ring is 1. The van der Waals surface area contributed by atoms with Crippen molar-refractivity contribution in [3.8, 4) is 5.69 Å². The molecule has 1 aromatic heterocycles. The summed E-state index contributed by atoms with van der Waals surface area (Å²) in [6, 6.07) is 6.25. The van der Waals surface area contributed by atoms with Gasteiger partial charge in [-0.1, -0.05) is 19.9 Å². The van der Waals surface area contributed by atoms with Gasteiger partial charge in [-0.3, -0.25) is 0 Å². The molecule has 2 rings (SSSR count). The third-order valence-corrected chi connectivity index (χ3v) is 3.59. The molecule has 0 fully saturated rings. The fraction of sp³-hybridized carbons (Fsp3) is 0.250. The number of halogens is 2. The van der Waals surface area contributed by atoms with Crippen LogP contribution in [0.15, 0.2) is 24.3 Å². The van der Waals surface area contributed by atoms with Crippen LogP contribution in [-0.2, 0) is 0 Å². The molecule has 0 saturated carbocycles. The minimum Gasteiger partial charge on any atom is -0.383 e. The van der Waals surface area contributed by atoms with E-state index in [2.05, 4.69) is 41.5 Å². The van der Waals surface area contributed by atoms with Crippen LogP contribution in [0, 0.1) is 9.39 Å². The summed E-state index contributed by atoms with van der Waals surface area (Å²) in [5.41, 5.74) is 7.58. The molecule has 90 valence electrons. The number of anilines is 1. The van der Waals surface area contributed by atoms with Crippen molar-refractivity contribution < 1.29 is 4.39 Å². The van der Waals surface area contributed by atoms with Crippen molar-refractivity contribution >= 4 is 28.4 Å². The molecule has 0 unspecified atom stereocenters. The molecule has 3 nitrogen and oxygen atoms in total. The smallest absolute Gasteiger partial charge is 0.141 e. The van der Waals surface area contributed by atoms with E-state index in [0.29, 0.717) is 17.4 Å². The lowest BCUT2D eigenvalue weighted by molar-refractivity contribution is 0.625. The van der Waals surface area contributed by atoms with Gasteiger partial charge in [0.05, 0.1) is 15.0 Å². The van der Waals surface area contributed by atoms with Crippen molar-refractivity contribution in [3.63, 3.8) is 0 Å². The maximum Gasteiger partial charge on any atom is 0.141 e. The molecule has 0 saturated heterocycles. The van der Waals surface area contributed by atoms with Gasteiger partial charge >= 0.3 is 0 Å². The molecule has 0 atom stereocenters. The average Bonchev–Trinajstić information content (AvgIpc) is 2.56. The first-order chi connectivity index (χ1) is 8.00. The summed E-state index contributed by atoms with van der Waals surface area (Å²) >= 11 is 2.17. The minimum atomic E-state index is -0.293. The van der Waals surface area contributed by atoms with Gasteiger partial charge in [0.2, 0.25) is 0 Å². The van der Waals surface area contributed by atoms with Gasteiger partial charge in [0, 0.05) is 0 Å². The lowest BCUT2D eigenvalue weighted by Gasteiger charge is -2.03. The number of benzene rings is 1. The van der Waals surface area contributed by atoms with Crippen LogP contribution in [0.2, 0.25) is 0 Å². The van der Waals surface area contributed by atoms with Gasteiger partial charge in [-0.25, -0.2) is 9.07 Å². The van der Waals surface area contributed by atoms with Gasteiger partial charge in [0.15, 0.2) is 0 Å². The highest BCUT2D eigenvalue weighted by Crippen LogP contribution is 2.27. The predicted octanol–water partition coefficient (Wildman–Crippen LogP) is 3.32.